The van der Waals surface area contributed by atoms with Crippen LogP contribution in [0.15, 0.2) is 0 Å². The fourth-order valence-corrected chi connectivity index (χ4v) is 1.94. The number of hydrogen-bond donors (Lipinski definition) is 1. The molecule has 0 aromatic rings. The van der Waals surface area contributed by atoms with Crippen LogP contribution in [0, 0.1) is 0 Å². The molecular weight excluding hydrogens is 222 g/mol. The van der Waals surface area contributed by atoms with Crippen LogP contribution in [0.25, 0.3) is 0 Å². The topological polar surface area (TPSA) is 21.3 Å². The van der Waals surface area contributed by atoms with E-state index < -0.39 is 0 Å². The molecule has 0 unspecified atom stereocenters. The van der Waals surface area contributed by atoms with Crippen molar-refractivity contribution in [3.63, 3.8) is 0 Å². The van der Waals surface area contributed by atoms with Crippen molar-refractivity contribution < 1.29 is 4.74 Å². The molecule has 0 atom stereocenters. The molecule has 0 saturated heterocycles. The largest absolute Gasteiger partial charge is 0.375 e. The van der Waals surface area contributed by atoms with Gasteiger partial charge in [-0.25, -0.2) is 0 Å². The molecule has 110 valence electrons. The molecule has 0 aromatic carbocycles. The predicted molar refractivity (Wildman–Crippen MR) is 81.2 cm³/mol. The van der Waals surface area contributed by atoms with Gasteiger partial charge in [0.2, 0.25) is 0 Å². The van der Waals surface area contributed by atoms with Gasteiger partial charge < -0.3 is 10.1 Å². The van der Waals surface area contributed by atoms with E-state index in [1.54, 1.807) is 0 Å². The average molecular weight is 257 g/mol. The highest BCUT2D eigenvalue weighted by molar-refractivity contribution is 4.59. The first-order chi connectivity index (χ1) is 8.56. The van der Waals surface area contributed by atoms with Crippen LogP contribution in [-0.2, 0) is 4.74 Å². The van der Waals surface area contributed by atoms with Crippen LogP contribution in [0.5, 0.6) is 0 Å². The lowest BCUT2D eigenvalue weighted by molar-refractivity contribution is -0.000758. The molecule has 0 aliphatic heterocycles. The smallest absolute Gasteiger partial charge is 0.0599 e. The van der Waals surface area contributed by atoms with Crippen molar-refractivity contribution in [1.29, 1.82) is 0 Å². The van der Waals surface area contributed by atoms with Gasteiger partial charge in [-0.1, -0.05) is 51.9 Å². The molecule has 0 aromatic heterocycles. The van der Waals surface area contributed by atoms with Gasteiger partial charge in [-0.15, -0.1) is 0 Å². The van der Waals surface area contributed by atoms with Gasteiger partial charge in [0, 0.05) is 6.54 Å². The minimum absolute atomic E-state index is 0.000168. The summed E-state index contributed by atoms with van der Waals surface area (Å²) in [6, 6.07) is 0. The van der Waals surface area contributed by atoms with E-state index in [4.69, 9.17) is 4.74 Å². The zero-order valence-electron chi connectivity index (χ0n) is 13.2. The summed E-state index contributed by atoms with van der Waals surface area (Å²) in [5, 5.41) is 3.44. The Kier molecular flexibility index (Phi) is 11.9. The van der Waals surface area contributed by atoms with E-state index in [1.165, 1.54) is 51.4 Å². The summed E-state index contributed by atoms with van der Waals surface area (Å²) in [4.78, 5) is 0. The molecule has 1 N–H and O–H groups in total. The number of ether oxygens (including phenoxy) is 1. The van der Waals surface area contributed by atoms with E-state index in [0.717, 1.165) is 19.7 Å². The SMILES string of the molecule is CCCCCCCCCCNCCOC(C)(C)C. The van der Waals surface area contributed by atoms with Gasteiger partial charge in [0.15, 0.2) is 0 Å². The van der Waals surface area contributed by atoms with Crippen LogP contribution in [0.2, 0.25) is 0 Å². The second-order valence-electron chi connectivity index (χ2n) is 6.19. The Morgan fingerprint density at radius 2 is 1.33 bits per heavy atom. The maximum Gasteiger partial charge on any atom is 0.0599 e. The molecule has 0 rings (SSSR count). The maximum absolute atomic E-state index is 5.65. The van der Waals surface area contributed by atoms with Gasteiger partial charge in [0.05, 0.1) is 12.2 Å². The van der Waals surface area contributed by atoms with Gasteiger partial charge in [-0.05, 0) is 33.7 Å². The Labute approximate surface area is 115 Å². The molecule has 2 nitrogen and oxygen atoms in total. The zero-order valence-corrected chi connectivity index (χ0v) is 13.2. The van der Waals surface area contributed by atoms with Crippen LogP contribution >= 0.6 is 0 Å². The molecule has 0 aliphatic carbocycles. The van der Waals surface area contributed by atoms with Crippen LogP contribution in [0.1, 0.15) is 79.1 Å². The fraction of sp³-hybridized carbons (Fsp3) is 1.00. The molecule has 0 radical (unpaired) electrons. The average Bonchev–Trinajstić information content (AvgIpc) is 2.29. The van der Waals surface area contributed by atoms with E-state index >= 15 is 0 Å². The van der Waals surface area contributed by atoms with Crippen molar-refractivity contribution in [3.8, 4) is 0 Å². The lowest BCUT2D eigenvalue weighted by Gasteiger charge is -2.19. The second kappa shape index (κ2) is 12.0. The quantitative estimate of drug-likeness (QED) is 0.519. The molecule has 2 heteroatoms. The lowest BCUT2D eigenvalue weighted by atomic mass is 10.1. The van der Waals surface area contributed by atoms with Crippen LogP contribution < -0.4 is 5.32 Å². The Morgan fingerprint density at radius 3 is 1.89 bits per heavy atom. The van der Waals surface area contributed by atoms with Gasteiger partial charge in [0.1, 0.15) is 0 Å². The molecule has 0 aliphatic rings. The number of rotatable bonds is 12. The Bertz CT molecular complexity index is 163. The number of hydrogen-bond acceptors (Lipinski definition) is 2. The van der Waals surface area contributed by atoms with E-state index in [1.807, 2.05) is 0 Å². The van der Waals surface area contributed by atoms with Crippen molar-refractivity contribution in [1.82, 2.24) is 5.32 Å². The van der Waals surface area contributed by atoms with Gasteiger partial charge in [-0.3, -0.25) is 0 Å². The molecule has 0 bridgehead atoms. The van der Waals surface area contributed by atoms with Gasteiger partial charge >= 0.3 is 0 Å². The summed E-state index contributed by atoms with van der Waals surface area (Å²) in [5.41, 5.74) is 0.000168. The van der Waals surface area contributed by atoms with E-state index in [-0.39, 0.29) is 5.60 Å². The molecule has 0 fully saturated rings. The van der Waals surface area contributed by atoms with Crippen molar-refractivity contribution in [2.24, 2.45) is 0 Å². The highest BCUT2D eigenvalue weighted by Gasteiger charge is 2.08. The summed E-state index contributed by atoms with van der Waals surface area (Å²) in [6.45, 7) is 11.5. The standard InChI is InChI=1S/C16H35NO/c1-5-6-7-8-9-10-11-12-13-17-14-15-18-16(2,3)4/h17H,5-15H2,1-4H3. The molecule has 18 heavy (non-hydrogen) atoms. The molecule has 0 heterocycles. The predicted octanol–water partition coefficient (Wildman–Crippen LogP) is 4.53. The summed E-state index contributed by atoms with van der Waals surface area (Å²) in [6.07, 6.45) is 11.1. The number of unbranched alkanes of at least 4 members (excludes halogenated alkanes) is 7. The van der Waals surface area contributed by atoms with Crippen LogP contribution in [0.3, 0.4) is 0 Å². The third-order valence-electron chi connectivity index (χ3n) is 3.02. The van der Waals surface area contributed by atoms with Gasteiger partial charge in [-0.2, -0.15) is 0 Å². The monoisotopic (exact) mass is 257 g/mol. The van der Waals surface area contributed by atoms with Crippen molar-refractivity contribution in [2.75, 3.05) is 19.7 Å². The molecule has 0 saturated carbocycles. The fourth-order valence-electron chi connectivity index (χ4n) is 1.94. The zero-order chi connectivity index (χ0) is 13.7. The minimum Gasteiger partial charge on any atom is -0.375 e. The van der Waals surface area contributed by atoms with Crippen LogP contribution in [0.4, 0.5) is 0 Å². The third-order valence-corrected chi connectivity index (χ3v) is 3.02. The molecule has 0 spiro atoms. The third kappa shape index (κ3) is 15.9. The van der Waals surface area contributed by atoms with Crippen molar-refractivity contribution >= 4 is 0 Å². The summed E-state index contributed by atoms with van der Waals surface area (Å²) >= 11 is 0. The first-order valence-corrected chi connectivity index (χ1v) is 7.91. The first-order valence-electron chi connectivity index (χ1n) is 7.91. The molecule has 0 amide bonds. The Morgan fingerprint density at radius 1 is 0.778 bits per heavy atom. The lowest BCUT2D eigenvalue weighted by Crippen LogP contribution is -2.27. The maximum atomic E-state index is 5.65. The summed E-state index contributed by atoms with van der Waals surface area (Å²) in [7, 11) is 0. The number of nitrogens with one attached hydrogen (secondary N) is 1. The van der Waals surface area contributed by atoms with E-state index in [0.29, 0.717) is 0 Å². The highest BCUT2D eigenvalue weighted by atomic mass is 16.5. The van der Waals surface area contributed by atoms with E-state index in [2.05, 4.69) is 33.0 Å². The Balaban J connectivity index is 2.99. The first kappa shape index (κ1) is 17.9. The normalized spacial score (nSPS) is 12.0. The van der Waals surface area contributed by atoms with E-state index in [9.17, 15) is 0 Å². The van der Waals surface area contributed by atoms with Gasteiger partial charge in [0.25, 0.3) is 0 Å². The summed E-state index contributed by atoms with van der Waals surface area (Å²) in [5.74, 6) is 0. The highest BCUT2D eigenvalue weighted by Crippen LogP contribution is 2.08. The van der Waals surface area contributed by atoms with Crippen molar-refractivity contribution in [2.45, 2.75) is 84.7 Å². The second-order valence-corrected chi connectivity index (χ2v) is 6.19. The minimum atomic E-state index is 0.000168. The van der Waals surface area contributed by atoms with Crippen LogP contribution in [-0.4, -0.2) is 25.3 Å². The molecular formula is C16H35NO. The summed E-state index contributed by atoms with van der Waals surface area (Å²) < 4.78 is 5.65. The Hall–Kier alpha value is -0.0800. The van der Waals surface area contributed by atoms with Crippen molar-refractivity contribution in [3.05, 3.63) is 0 Å².